The van der Waals surface area contributed by atoms with E-state index in [9.17, 15) is 14.0 Å². The van der Waals surface area contributed by atoms with Crippen molar-refractivity contribution in [3.8, 4) is 5.75 Å². The Morgan fingerprint density at radius 3 is 2.95 bits per heavy atom. The number of carbonyl (C=O) groups excluding carboxylic acids is 1. The van der Waals surface area contributed by atoms with Crippen LogP contribution in [0, 0.1) is 5.82 Å². The van der Waals surface area contributed by atoms with Gasteiger partial charge in [-0.15, -0.1) is 0 Å². The van der Waals surface area contributed by atoms with Crippen LogP contribution in [0.1, 0.15) is 0 Å². The van der Waals surface area contributed by atoms with Crippen molar-refractivity contribution >= 4 is 17.6 Å². The lowest BCUT2D eigenvalue weighted by Gasteiger charge is -2.05. The Labute approximate surface area is 119 Å². The van der Waals surface area contributed by atoms with Gasteiger partial charge in [-0.1, -0.05) is 6.07 Å². The molecular weight excluding hydrogens is 281 g/mol. The van der Waals surface area contributed by atoms with Gasteiger partial charge in [0, 0.05) is 12.3 Å². The molecule has 0 unspecified atom stereocenters. The molecule has 0 atom stereocenters. The number of hydrogen-bond donors (Lipinski definition) is 2. The van der Waals surface area contributed by atoms with Crippen molar-refractivity contribution in [2.24, 2.45) is 0 Å². The predicted octanol–water partition coefficient (Wildman–Crippen LogP) is 1.12. The monoisotopic (exact) mass is 293 g/mol. The van der Waals surface area contributed by atoms with Crippen molar-refractivity contribution in [3.63, 3.8) is 0 Å². The number of carboxylic acid groups (broad SMARTS) is 1. The summed E-state index contributed by atoms with van der Waals surface area (Å²) >= 11 is 0. The van der Waals surface area contributed by atoms with E-state index in [0.29, 0.717) is 5.69 Å². The molecule has 1 aromatic heterocycles. The van der Waals surface area contributed by atoms with E-state index in [-0.39, 0.29) is 18.9 Å². The Bertz CT molecular complexity index is 656. The maximum absolute atomic E-state index is 12.9. The first-order valence-electron chi connectivity index (χ1n) is 5.95. The van der Waals surface area contributed by atoms with Crippen LogP contribution in [0.2, 0.25) is 0 Å². The summed E-state index contributed by atoms with van der Waals surface area (Å²) < 4.78 is 19.2. The van der Waals surface area contributed by atoms with Gasteiger partial charge in [-0.3, -0.25) is 14.3 Å². The number of ether oxygens (including phenoxy) is 1. The number of halogens is 1. The number of aliphatic carboxylic acids is 1. The fourth-order valence-electron chi connectivity index (χ4n) is 1.56. The van der Waals surface area contributed by atoms with Crippen LogP contribution in [-0.2, 0) is 16.1 Å². The van der Waals surface area contributed by atoms with Gasteiger partial charge in [0.25, 0.3) is 5.91 Å². The van der Waals surface area contributed by atoms with E-state index in [4.69, 9.17) is 9.84 Å². The number of amides is 1. The van der Waals surface area contributed by atoms with Gasteiger partial charge in [0.2, 0.25) is 0 Å². The molecule has 1 aromatic carbocycles. The van der Waals surface area contributed by atoms with Crippen LogP contribution < -0.4 is 10.1 Å². The van der Waals surface area contributed by atoms with Gasteiger partial charge in [-0.25, -0.2) is 4.39 Å². The molecule has 110 valence electrons. The Balaban J connectivity index is 1.84. The van der Waals surface area contributed by atoms with Crippen molar-refractivity contribution < 1.29 is 23.8 Å². The van der Waals surface area contributed by atoms with Crippen molar-refractivity contribution in [1.82, 2.24) is 9.78 Å². The largest absolute Gasteiger partial charge is 0.484 e. The highest BCUT2D eigenvalue weighted by Crippen LogP contribution is 2.12. The number of benzene rings is 1. The van der Waals surface area contributed by atoms with E-state index in [1.165, 1.54) is 35.3 Å². The van der Waals surface area contributed by atoms with E-state index in [1.54, 1.807) is 0 Å². The molecule has 0 radical (unpaired) electrons. The number of nitrogens with zero attached hydrogens (tertiary/aromatic N) is 2. The number of rotatable bonds is 6. The summed E-state index contributed by atoms with van der Waals surface area (Å²) in [6, 6.07) is 5.43. The van der Waals surface area contributed by atoms with Gasteiger partial charge < -0.3 is 15.2 Å². The van der Waals surface area contributed by atoms with E-state index in [2.05, 4.69) is 10.4 Å². The molecule has 0 aliphatic carbocycles. The van der Waals surface area contributed by atoms with Crippen molar-refractivity contribution in [2.45, 2.75) is 6.54 Å². The van der Waals surface area contributed by atoms with Gasteiger partial charge in [0.1, 0.15) is 18.1 Å². The topological polar surface area (TPSA) is 93.5 Å². The van der Waals surface area contributed by atoms with Crippen LogP contribution in [0.3, 0.4) is 0 Å². The second-order valence-electron chi connectivity index (χ2n) is 4.11. The lowest BCUT2D eigenvalue weighted by atomic mass is 10.3. The van der Waals surface area contributed by atoms with E-state index in [0.717, 1.165) is 6.07 Å². The lowest BCUT2D eigenvalue weighted by Crippen LogP contribution is -2.20. The first-order chi connectivity index (χ1) is 10.0. The van der Waals surface area contributed by atoms with Crippen LogP contribution in [-0.4, -0.2) is 33.4 Å². The maximum atomic E-state index is 12.9. The minimum absolute atomic E-state index is 0.242. The Kier molecular flexibility index (Phi) is 4.50. The quantitative estimate of drug-likeness (QED) is 0.832. The Morgan fingerprint density at radius 2 is 2.24 bits per heavy atom. The van der Waals surface area contributed by atoms with E-state index < -0.39 is 17.7 Å². The third-order valence-electron chi connectivity index (χ3n) is 2.38. The first-order valence-corrected chi connectivity index (χ1v) is 5.95. The SMILES string of the molecule is O=C(O)Cn1cc(NC(=O)COc2cccc(F)c2)cn1. The van der Waals surface area contributed by atoms with Gasteiger partial charge >= 0.3 is 5.97 Å². The summed E-state index contributed by atoms with van der Waals surface area (Å²) in [5.74, 6) is -1.71. The first kappa shape index (κ1) is 14.5. The third kappa shape index (κ3) is 4.60. The molecule has 2 aromatic rings. The standard InChI is InChI=1S/C13H12FN3O4/c14-9-2-1-3-11(4-9)21-8-12(18)16-10-5-15-17(6-10)7-13(19)20/h1-6H,7-8H2,(H,16,18)(H,19,20). The molecule has 1 heterocycles. The molecule has 0 aliphatic heterocycles. The van der Waals surface area contributed by atoms with Gasteiger partial charge in [0.05, 0.1) is 11.9 Å². The predicted molar refractivity (Wildman–Crippen MR) is 70.4 cm³/mol. The number of aromatic nitrogens is 2. The zero-order valence-corrected chi connectivity index (χ0v) is 10.8. The molecule has 0 saturated heterocycles. The van der Waals surface area contributed by atoms with Crippen LogP contribution in [0.4, 0.5) is 10.1 Å². The molecule has 1 amide bonds. The van der Waals surface area contributed by atoms with E-state index in [1.807, 2.05) is 0 Å². The highest BCUT2D eigenvalue weighted by atomic mass is 19.1. The van der Waals surface area contributed by atoms with Gasteiger partial charge in [-0.2, -0.15) is 5.10 Å². The second-order valence-corrected chi connectivity index (χ2v) is 4.11. The Hall–Kier alpha value is -2.90. The normalized spacial score (nSPS) is 10.1. The molecule has 0 saturated carbocycles. The number of anilines is 1. The molecule has 2 N–H and O–H groups in total. The van der Waals surface area contributed by atoms with Crippen LogP contribution >= 0.6 is 0 Å². The average Bonchev–Trinajstić information content (AvgIpc) is 2.83. The van der Waals surface area contributed by atoms with Gasteiger partial charge in [0.15, 0.2) is 6.61 Å². The highest BCUT2D eigenvalue weighted by molar-refractivity contribution is 5.91. The summed E-state index contributed by atoms with van der Waals surface area (Å²) in [5.41, 5.74) is 0.351. The number of hydrogen-bond acceptors (Lipinski definition) is 4. The average molecular weight is 293 g/mol. The molecule has 0 spiro atoms. The molecular formula is C13H12FN3O4. The fraction of sp³-hybridized carbons (Fsp3) is 0.154. The molecule has 7 nitrogen and oxygen atoms in total. The molecule has 0 fully saturated rings. The molecule has 21 heavy (non-hydrogen) atoms. The van der Waals surface area contributed by atoms with Crippen LogP contribution in [0.5, 0.6) is 5.75 Å². The van der Waals surface area contributed by atoms with Crippen LogP contribution in [0.15, 0.2) is 36.7 Å². The summed E-state index contributed by atoms with van der Waals surface area (Å²) in [6.45, 7) is -0.594. The fourth-order valence-corrected chi connectivity index (χ4v) is 1.56. The molecule has 0 bridgehead atoms. The van der Waals surface area contributed by atoms with Gasteiger partial charge in [-0.05, 0) is 12.1 Å². The molecule has 0 aliphatic rings. The third-order valence-corrected chi connectivity index (χ3v) is 2.38. The van der Waals surface area contributed by atoms with Crippen molar-refractivity contribution in [1.29, 1.82) is 0 Å². The smallest absolute Gasteiger partial charge is 0.325 e. The summed E-state index contributed by atoms with van der Waals surface area (Å²) in [6.07, 6.45) is 2.71. The molecule has 2 rings (SSSR count). The number of carboxylic acids is 1. The summed E-state index contributed by atoms with van der Waals surface area (Å²) in [5, 5.41) is 14.8. The minimum Gasteiger partial charge on any atom is -0.484 e. The number of carbonyl (C=O) groups is 2. The minimum atomic E-state index is -1.04. The highest BCUT2D eigenvalue weighted by Gasteiger charge is 2.07. The summed E-state index contributed by atoms with van der Waals surface area (Å²) in [7, 11) is 0. The lowest BCUT2D eigenvalue weighted by molar-refractivity contribution is -0.137. The summed E-state index contributed by atoms with van der Waals surface area (Å²) in [4.78, 5) is 22.1. The second kappa shape index (κ2) is 6.51. The Morgan fingerprint density at radius 1 is 1.43 bits per heavy atom. The molecule has 8 heteroatoms. The van der Waals surface area contributed by atoms with Crippen molar-refractivity contribution in [3.05, 3.63) is 42.5 Å². The van der Waals surface area contributed by atoms with E-state index >= 15 is 0 Å². The van der Waals surface area contributed by atoms with Crippen molar-refractivity contribution in [2.75, 3.05) is 11.9 Å². The maximum Gasteiger partial charge on any atom is 0.325 e. The zero-order chi connectivity index (χ0) is 15.2. The van der Waals surface area contributed by atoms with Crippen LogP contribution in [0.25, 0.3) is 0 Å². The number of nitrogens with one attached hydrogen (secondary N) is 1. The zero-order valence-electron chi connectivity index (χ0n) is 10.8.